The van der Waals surface area contributed by atoms with Crippen LogP contribution in [-0.2, 0) is 4.79 Å². The lowest BCUT2D eigenvalue weighted by Gasteiger charge is -2.27. The molecule has 2 unspecified atom stereocenters. The first kappa shape index (κ1) is 15.0. The highest BCUT2D eigenvalue weighted by molar-refractivity contribution is 9.10. The minimum absolute atomic E-state index is 0.0504. The van der Waals surface area contributed by atoms with Crippen LogP contribution in [0.25, 0.3) is 0 Å². The molecular formula is C15H18BrNO3. The minimum atomic E-state index is -0.763. The summed E-state index contributed by atoms with van der Waals surface area (Å²) in [5, 5.41) is 12.0. The first-order chi connectivity index (χ1) is 9.47. The normalized spacial score (nSPS) is 22.3. The monoisotopic (exact) mass is 339 g/mol. The minimum Gasteiger partial charge on any atom is -0.481 e. The molecule has 2 rings (SSSR count). The van der Waals surface area contributed by atoms with Gasteiger partial charge in [0.2, 0.25) is 0 Å². The standard InChI is InChI=1S/C15H18BrNO3/c1-9-5-6-12(13(16)7-9)14(18)17-11-4-2-3-10(8-11)15(19)20/h5-7,10-11H,2-4,8H2,1H3,(H,17,18)(H,19,20). The van der Waals surface area contributed by atoms with Crippen molar-refractivity contribution in [1.82, 2.24) is 5.32 Å². The largest absolute Gasteiger partial charge is 0.481 e. The Kier molecular flexibility index (Phi) is 4.81. The van der Waals surface area contributed by atoms with Crippen LogP contribution in [0.2, 0.25) is 0 Å². The molecule has 0 aliphatic heterocycles. The van der Waals surface area contributed by atoms with Crippen LogP contribution in [-0.4, -0.2) is 23.0 Å². The van der Waals surface area contributed by atoms with Crippen molar-refractivity contribution in [3.63, 3.8) is 0 Å². The molecule has 1 aromatic rings. The van der Waals surface area contributed by atoms with Crippen molar-refractivity contribution in [2.24, 2.45) is 5.92 Å². The highest BCUT2D eigenvalue weighted by atomic mass is 79.9. The van der Waals surface area contributed by atoms with Gasteiger partial charge in [-0.3, -0.25) is 9.59 Å². The summed E-state index contributed by atoms with van der Waals surface area (Å²) >= 11 is 3.39. The summed E-state index contributed by atoms with van der Waals surface area (Å²) in [6, 6.07) is 5.52. The highest BCUT2D eigenvalue weighted by Gasteiger charge is 2.28. The third-order valence-electron chi connectivity index (χ3n) is 3.73. The highest BCUT2D eigenvalue weighted by Crippen LogP contribution is 2.25. The summed E-state index contributed by atoms with van der Waals surface area (Å²) < 4.78 is 0.764. The molecule has 0 radical (unpaired) electrons. The van der Waals surface area contributed by atoms with Gasteiger partial charge in [-0.25, -0.2) is 0 Å². The quantitative estimate of drug-likeness (QED) is 0.888. The van der Waals surface area contributed by atoms with Gasteiger partial charge >= 0.3 is 5.97 Å². The summed E-state index contributed by atoms with van der Waals surface area (Å²) in [5.41, 5.74) is 1.67. The second-order valence-corrected chi connectivity index (χ2v) is 6.21. The van der Waals surface area contributed by atoms with Gasteiger partial charge in [0.15, 0.2) is 0 Å². The van der Waals surface area contributed by atoms with E-state index in [4.69, 9.17) is 5.11 Å². The van der Waals surface area contributed by atoms with Crippen molar-refractivity contribution >= 4 is 27.8 Å². The average Bonchev–Trinajstić information content (AvgIpc) is 2.38. The molecule has 4 nitrogen and oxygen atoms in total. The number of carbonyl (C=O) groups excluding carboxylic acids is 1. The van der Waals surface area contributed by atoms with Gasteiger partial charge in [-0.2, -0.15) is 0 Å². The van der Waals surface area contributed by atoms with Gasteiger partial charge in [0, 0.05) is 10.5 Å². The van der Waals surface area contributed by atoms with Crippen LogP contribution in [0, 0.1) is 12.8 Å². The summed E-state index contributed by atoms with van der Waals surface area (Å²) in [7, 11) is 0. The predicted molar refractivity (Wildman–Crippen MR) is 79.7 cm³/mol. The van der Waals surface area contributed by atoms with Crippen LogP contribution >= 0.6 is 15.9 Å². The number of aliphatic carboxylic acids is 1. The number of amides is 1. The molecule has 0 bridgehead atoms. The van der Waals surface area contributed by atoms with E-state index in [1.807, 2.05) is 19.1 Å². The molecule has 1 saturated carbocycles. The molecule has 1 aliphatic carbocycles. The van der Waals surface area contributed by atoms with E-state index in [0.29, 0.717) is 18.4 Å². The maximum absolute atomic E-state index is 12.2. The van der Waals surface area contributed by atoms with Crippen LogP contribution in [0.4, 0.5) is 0 Å². The molecule has 2 atom stereocenters. The molecule has 108 valence electrons. The molecular weight excluding hydrogens is 322 g/mol. The fraction of sp³-hybridized carbons (Fsp3) is 0.467. The molecule has 0 heterocycles. The molecule has 20 heavy (non-hydrogen) atoms. The van der Waals surface area contributed by atoms with Crippen molar-refractivity contribution in [3.8, 4) is 0 Å². The summed E-state index contributed by atoms with van der Waals surface area (Å²) in [6.45, 7) is 1.96. The van der Waals surface area contributed by atoms with Crippen LogP contribution in [0.1, 0.15) is 41.6 Å². The number of hydrogen-bond acceptors (Lipinski definition) is 2. The lowest BCUT2D eigenvalue weighted by atomic mass is 9.85. The number of carboxylic acids is 1. The van der Waals surface area contributed by atoms with Crippen LogP contribution in [0.5, 0.6) is 0 Å². The van der Waals surface area contributed by atoms with Crippen LogP contribution in [0.15, 0.2) is 22.7 Å². The van der Waals surface area contributed by atoms with E-state index >= 15 is 0 Å². The molecule has 0 saturated heterocycles. The van der Waals surface area contributed by atoms with Crippen molar-refractivity contribution in [2.75, 3.05) is 0 Å². The molecule has 1 amide bonds. The molecule has 0 spiro atoms. The lowest BCUT2D eigenvalue weighted by Crippen LogP contribution is -2.40. The Labute approximate surface area is 126 Å². The Morgan fingerprint density at radius 3 is 2.75 bits per heavy atom. The van der Waals surface area contributed by atoms with E-state index in [1.165, 1.54) is 0 Å². The molecule has 1 aliphatic rings. The molecule has 5 heteroatoms. The fourth-order valence-electron chi connectivity index (χ4n) is 2.61. The maximum Gasteiger partial charge on any atom is 0.306 e. The van der Waals surface area contributed by atoms with Gasteiger partial charge in [0.05, 0.1) is 11.5 Å². The van der Waals surface area contributed by atoms with Crippen molar-refractivity contribution < 1.29 is 14.7 Å². The van der Waals surface area contributed by atoms with Gasteiger partial charge < -0.3 is 10.4 Å². The molecule has 0 aromatic heterocycles. The average molecular weight is 340 g/mol. The van der Waals surface area contributed by atoms with Gasteiger partial charge in [-0.05, 0) is 59.8 Å². The summed E-state index contributed by atoms with van der Waals surface area (Å²) in [4.78, 5) is 23.3. The topological polar surface area (TPSA) is 66.4 Å². The van der Waals surface area contributed by atoms with Gasteiger partial charge in [0.25, 0.3) is 5.91 Å². The molecule has 1 fully saturated rings. The number of halogens is 1. The smallest absolute Gasteiger partial charge is 0.306 e. The molecule has 1 aromatic carbocycles. The van der Waals surface area contributed by atoms with E-state index in [1.54, 1.807) is 6.07 Å². The second kappa shape index (κ2) is 6.39. The third kappa shape index (κ3) is 3.60. The second-order valence-electron chi connectivity index (χ2n) is 5.36. The van der Waals surface area contributed by atoms with E-state index in [9.17, 15) is 9.59 Å². The first-order valence-electron chi connectivity index (χ1n) is 6.77. The Morgan fingerprint density at radius 2 is 2.10 bits per heavy atom. The first-order valence-corrected chi connectivity index (χ1v) is 7.56. The SMILES string of the molecule is Cc1ccc(C(=O)NC2CCCC(C(=O)O)C2)c(Br)c1. The number of hydrogen-bond donors (Lipinski definition) is 2. The predicted octanol–water partition coefficient (Wildman–Crippen LogP) is 3.13. The van der Waals surface area contributed by atoms with E-state index in [0.717, 1.165) is 22.9 Å². The van der Waals surface area contributed by atoms with Gasteiger partial charge in [-0.1, -0.05) is 12.5 Å². The van der Waals surface area contributed by atoms with Crippen LogP contribution < -0.4 is 5.32 Å². The van der Waals surface area contributed by atoms with E-state index in [2.05, 4.69) is 21.2 Å². The Balaban J connectivity index is 2.02. The Bertz CT molecular complexity index is 530. The zero-order valence-corrected chi connectivity index (χ0v) is 12.9. The molecule has 2 N–H and O–H groups in total. The number of benzene rings is 1. The van der Waals surface area contributed by atoms with Gasteiger partial charge in [-0.15, -0.1) is 0 Å². The fourth-order valence-corrected chi connectivity index (χ4v) is 3.29. The number of rotatable bonds is 3. The maximum atomic E-state index is 12.2. The van der Waals surface area contributed by atoms with E-state index < -0.39 is 5.97 Å². The zero-order chi connectivity index (χ0) is 14.7. The number of nitrogens with one attached hydrogen (secondary N) is 1. The number of carboxylic acid groups (broad SMARTS) is 1. The van der Waals surface area contributed by atoms with Gasteiger partial charge in [0.1, 0.15) is 0 Å². The lowest BCUT2D eigenvalue weighted by molar-refractivity contribution is -0.143. The third-order valence-corrected chi connectivity index (χ3v) is 4.38. The Morgan fingerprint density at radius 1 is 1.35 bits per heavy atom. The number of aryl methyl sites for hydroxylation is 1. The van der Waals surface area contributed by atoms with Crippen molar-refractivity contribution in [3.05, 3.63) is 33.8 Å². The summed E-state index contributed by atoms with van der Waals surface area (Å²) in [5.74, 6) is -1.25. The van der Waals surface area contributed by atoms with E-state index in [-0.39, 0.29) is 17.9 Å². The Hall–Kier alpha value is -1.36. The number of carbonyl (C=O) groups is 2. The zero-order valence-electron chi connectivity index (χ0n) is 11.4. The summed E-state index contributed by atoms with van der Waals surface area (Å²) in [6.07, 6.45) is 2.91. The van der Waals surface area contributed by atoms with Crippen molar-refractivity contribution in [2.45, 2.75) is 38.6 Å². The van der Waals surface area contributed by atoms with Crippen LogP contribution in [0.3, 0.4) is 0 Å². The van der Waals surface area contributed by atoms with Crippen molar-refractivity contribution in [1.29, 1.82) is 0 Å².